The number of hydrogen-bond donors (Lipinski definition) is 2. The molecule has 0 saturated carbocycles. The second-order valence-corrected chi connectivity index (χ2v) is 5.82. The van der Waals surface area contributed by atoms with Gasteiger partial charge in [-0.15, -0.1) is 0 Å². The second kappa shape index (κ2) is 7.73. The third kappa shape index (κ3) is 4.95. The van der Waals surface area contributed by atoms with E-state index in [0.717, 1.165) is 31.5 Å². The normalized spacial score (nSPS) is 19.5. The van der Waals surface area contributed by atoms with E-state index in [9.17, 15) is 9.18 Å². The first kappa shape index (κ1) is 16.2. The average Bonchev–Trinajstić information content (AvgIpc) is 2.42. The molecule has 0 aromatic heterocycles. The molecule has 116 valence electrons. The number of likely N-dealkylation sites (N-methyl/N-ethyl adjacent to an activating group) is 1. The van der Waals surface area contributed by atoms with E-state index in [1.807, 2.05) is 0 Å². The zero-order chi connectivity index (χ0) is 15.2. The van der Waals surface area contributed by atoms with Gasteiger partial charge in [0.2, 0.25) is 5.91 Å². The summed E-state index contributed by atoms with van der Waals surface area (Å²) in [5, 5.41) is 6.32. The van der Waals surface area contributed by atoms with Crippen molar-refractivity contribution in [3.8, 4) is 0 Å². The minimum atomic E-state index is -0.320. The molecule has 0 bridgehead atoms. The van der Waals surface area contributed by atoms with Gasteiger partial charge >= 0.3 is 0 Å². The minimum absolute atomic E-state index is 0.0177. The molecule has 6 heteroatoms. The lowest BCUT2D eigenvalue weighted by Gasteiger charge is -2.33. The maximum absolute atomic E-state index is 13.1. The Kier molecular flexibility index (Phi) is 5.96. The Labute approximate surface area is 129 Å². The molecule has 0 spiro atoms. The fraction of sp³-hybridized carbons (Fsp3) is 0.533. The topological polar surface area (TPSA) is 44.4 Å². The molecule has 1 amide bonds. The highest BCUT2D eigenvalue weighted by atomic mass is 35.5. The van der Waals surface area contributed by atoms with Gasteiger partial charge in [0.15, 0.2) is 0 Å². The number of likely N-dealkylation sites (tertiary alicyclic amines) is 1. The van der Waals surface area contributed by atoms with E-state index in [4.69, 9.17) is 11.6 Å². The van der Waals surface area contributed by atoms with Gasteiger partial charge in [0.25, 0.3) is 0 Å². The van der Waals surface area contributed by atoms with Crippen molar-refractivity contribution < 1.29 is 9.18 Å². The van der Waals surface area contributed by atoms with Crippen molar-refractivity contribution in [2.24, 2.45) is 0 Å². The number of hydrogen-bond acceptors (Lipinski definition) is 3. The molecule has 1 atom stereocenters. The van der Waals surface area contributed by atoms with Crippen LogP contribution in [0.25, 0.3) is 0 Å². The largest absolute Gasteiger partial charge is 0.351 e. The number of carbonyl (C=O) groups is 1. The van der Waals surface area contributed by atoms with Crippen LogP contribution in [-0.2, 0) is 11.3 Å². The van der Waals surface area contributed by atoms with Crippen molar-refractivity contribution in [3.63, 3.8) is 0 Å². The number of nitrogens with one attached hydrogen (secondary N) is 2. The van der Waals surface area contributed by atoms with Crippen LogP contribution in [0, 0.1) is 5.82 Å². The lowest BCUT2D eigenvalue weighted by atomic mass is 10.0. The molecule has 1 heterocycles. The SMILES string of the molecule is CNCC(=O)N[C@H]1CCCN(Cc2ccc(F)cc2Cl)C1. The summed E-state index contributed by atoms with van der Waals surface area (Å²) < 4.78 is 13.1. The molecule has 1 aliphatic heterocycles. The Morgan fingerprint density at radius 2 is 2.33 bits per heavy atom. The highest BCUT2D eigenvalue weighted by molar-refractivity contribution is 6.31. The molecule has 1 aromatic rings. The van der Waals surface area contributed by atoms with E-state index in [-0.39, 0.29) is 17.8 Å². The number of carbonyl (C=O) groups excluding carboxylic acids is 1. The van der Waals surface area contributed by atoms with Gasteiger partial charge in [0, 0.05) is 24.2 Å². The smallest absolute Gasteiger partial charge is 0.234 e. The summed E-state index contributed by atoms with van der Waals surface area (Å²) in [5.41, 5.74) is 0.917. The Hall–Kier alpha value is -1.17. The Morgan fingerprint density at radius 3 is 3.05 bits per heavy atom. The van der Waals surface area contributed by atoms with Crippen LogP contribution >= 0.6 is 11.6 Å². The molecule has 0 radical (unpaired) electrons. The molecule has 1 saturated heterocycles. The molecular weight excluding hydrogens is 293 g/mol. The summed E-state index contributed by atoms with van der Waals surface area (Å²) in [6.45, 7) is 2.77. The van der Waals surface area contributed by atoms with E-state index in [2.05, 4.69) is 15.5 Å². The molecule has 1 aromatic carbocycles. The van der Waals surface area contributed by atoms with Crippen LogP contribution in [0.1, 0.15) is 18.4 Å². The predicted octanol–water partition coefficient (Wildman–Crippen LogP) is 1.78. The van der Waals surface area contributed by atoms with E-state index in [1.165, 1.54) is 12.1 Å². The highest BCUT2D eigenvalue weighted by Gasteiger charge is 2.21. The summed E-state index contributed by atoms with van der Waals surface area (Å²) in [6.07, 6.45) is 2.02. The van der Waals surface area contributed by atoms with Crippen molar-refractivity contribution in [1.82, 2.24) is 15.5 Å². The van der Waals surface area contributed by atoms with Crippen LogP contribution in [0.15, 0.2) is 18.2 Å². The number of halogens is 2. The number of benzene rings is 1. The van der Waals surface area contributed by atoms with E-state index < -0.39 is 0 Å². The number of piperidine rings is 1. The summed E-state index contributed by atoms with van der Waals surface area (Å²) in [7, 11) is 1.75. The lowest BCUT2D eigenvalue weighted by molar-refractivity contribution is -0.121. The Bertz CT molecular complexity index is 498. The first-order valence-corrected chi connectivity index (χ1v) is 7.56. The first-order valence-electron chi connectivity index (χ1n) is 7.18. The monoisotopic (exact) mass is 313 g/mol. The van der Waals surface area contributed by atoms with Gasteiger partial charge in [-0.05, 0) is 44.1 Å². The maximum Gasteiger partial charge on any atom is 0.234 e. The van der Waals surface area contributed by atoms with Crippen LogP contribution in [0.4, 0.5) is 4.39 Å². The zero-order valence-electron chi connectivity index (χ0n) is 12.2. The molecule has 2 N–H and O–H groups in total. The van der Waals surface area contributed by atoms with Crippen LogP contribution in [0.3, 0.4) is 0 Å². The van der Waals surface area contributed by atoms with Crippen LogP contribution in [0.5, 0.6) is 0 Å². The van der Waals surface area contributed by atoms with Crippen molar-refractivity contribution in [2.75, 3.05) is 26.7 Å². The lowest BCUT2D eigenvalue weighted by Crippen LogP contribution is -2.49. The van der Waals surface area contributed by atoms with Gasteiger partial charge < -0.3 is 10.6 Å². The molecule has 2 rings (SSSR count). The molecule has 0 aliphatic carbocycles. The van der Waals surface area contributed by atoms with Crippen molar-refractivity contribution in [1.29, 1.82) is 0 Å². The Morgan fingerprint density at radius 1 is 1.52 bits per heavy atom. The summed E-state index contributed by atoms with van der Waals surface area (Å²) in [6, 6.07) is 4.66. The summed E-state index contributed by atoms with van der Waals surface area (Å²) in [4.78, 5) is 13.9. The zero-order valence-corrected chi connectivity index (χ0v) is 12.9. The molecule has 4 nitrogen and oxygen atoms in total. The van der Waals surface area contributed by atoms with Crippen LogP contribution in [-0.4, -0.2) is 43.5 Å². The quantitative estimate of drug-likeness (QED) is 0.871. The number of rotatable bonds is 5. The fourth-order valence-electron chi connectivity index (χ4n) is 2.65. The molecule has 1 fully saturated rings. The molecule has 1 aliphatic rings. The standard InChI is InChI=1S/C15H21ClFN3O/c1-18-8-15(21)19-13-3-2-6-20(10-13)9-11-4-5-12(17)7-14(11)16/h4-5,7,13,18H,2-3,6,8-10H2,1H3,(H,19,21)/t13-/m0/s1. The van der Waals surface area contributed by atoms with Gasteiger partial charge in [-0.2, -0.15) is 0 Å². The third-order valence-electron chi connectivity index (χ3n) is 3.62. The van der Waals surface area contributed by atoms with E-state index in [0.29, 0.717) is 18.1 Å². The highest BCUT2D eigenvalue weighted by Crippen LogP contribution is 2.21. The van der Waals surface area contributed by atoms with Gasteiger partial charge in [-0.3, -0.25) is 9.69 Å². The van der Waals surface area contributed by atoms with Gasteiger partial charge in [-0.1, -0.05) is 17.7 Å². The summed E-state index contributed by atoms with van der Waals surface area (Å²) in [5.74, 6) is -0.302. The number of amides is 1. The second-order valence-electron chi connectivity index (χ2n) is 5.41. The van der Waals surface area contributed by atoms with E-state index >= 15 is 0 Å². The Balaban J connectivity index is 1.90. The number of nitrogens with zero attached hydrogens (tertiary/aromatic N) is 1. The summed E-state index contributed by atoms with van der Waals surface area (Å²) >= 11 is 6.07. The molecular formula is C15H21ClFN3O. The van der Waals surface area contributed by atoms with Crippen molar-refractivity contribution >= 4 is 17.5 Å². The maximum atomic E-state index is 13.1. The average molecular weight is 314 g/mol. The molecule has 21 heavy (non-hydrogen) atoms. The van der Waals surface area contributed by atoms with Gasteiger partial charge in [0.05, 0.1) is 6.54 Å². The van der Waals surface area contributed by atoms with E-state index in [1.54, 1.807) is 13.1 Å². The first-order chi connectivity index (χ1) is 10.1. The van der Waals surface area contributed by atoms with Gasteiger partial charge in [0.1, 0.15) is 5.82 Å². The van der Waals surface area contributed by atoms with Crippen molar-refractivity contribution in [3.05, 3.63) is 34.6 Å². The minimum Gasteiger partial charge on any atom is -0.351 e. The van der Waals surface area contributed by atoms with Crippen molar-refractivity contribution in [2.45, 2.75) is 25.4 Å². The fourth-order valence-corrected chi connectivity index (χ4v) is 2.87. The van der Waals surface area contributed by atoms with Gasteiger partial charge in [-0.25, -0.2) is 4.39 Å². The van der Waals surface area contributed by atoms with Crippen LogP contribution < -0.4 is 10.6 Å². The predicted molar refractivity (Wildman–Crippen MR) is 81.8 cm³/mol. The van der Waals surface area contributed by atoms with Crippen LogP contribution in [0.2, 0.25) is 5.02 Å². The third-order valence-corrected chi connectivity index (χ3v) is 3.97. The molecule has 0 unspecified atom stereocenters.